The van der Waals surface area contributed by atoms with Crippen molar-refractivity contribution in [3.05, 3.63) is 41.0 Å². The van der Waals surface area contributed by atoms with E-state index in [-0.39, 0.29) is 0 Å². The predicted molar refractivity (Wildman–Crippen MR) is 53.0 cm³/mol. The SMILES string of the molecule is C=C/C=c1/ncc(C)c/c1=C/C. The van der Waals surface area contributed by atoms with Gasteiger partial charge < -0.3 is 0 Å². The van der Waals surface area contributed by atoms with E-state index in [9.17, 15) is 0 Å². The third kappa shape index (κ3) is 1.82. The zero-order chi connectivity index (χ0) is 8.97. The van der Waals surface area contributed by atoms with E-state index < -0.39 is 0 Å². The van der Waals surface area contributed by atoms with E-state index in [0.717, 1.165) is 10.6 Å². The van der Waals surface area contributed by atoms with Crippen molar-refractivity contribution in [3.63, 3.8) is 0 Å². The number of hydrogen-bond acceptors (Lipinski definition) is 1. The van der Waals surface area contributed by atoms with Gasteiger partial charge in [0, 0.05) is 6.20 Å². The molecule has 1 aromatic heterocycles. The number of aromatic nitrogens is 1. The van der Waals surface area contributed by atoms with Gasteiger partial charge >= 0.3 is 0 Å². The van der Waals surface area contributed by atoms with Crippen molar-refractivity contribution < 1.29 is 0 Å². The van der Waals surface area contributed by atoms with Crippen LogP contribution >= 0.6 is 0 Å². The number of nitrogens with zero attached hydrogens (tertiary/aromatic N) is 1. The van der Waals surface area contributed by atoms with E-state index in [0.29, 0.717) is 0 Å². The highest BCUT2D eigenvalue weighted by Crippen LogP contribution is 1.82. The smallest absolute Gasteiger partial charge is 0.0698 e. The van der Waals surface area contributed by atoms with Crippen LogP contribution in [0.5, 0.6) is 0 Å². The van der Waals surface area contributed by atoms with E-state index in [1.807, 2.05) is 26.1 Å². The van der Waals surface area contributed by atoms with Crippen molar-refractivity contribution >= 4 is 12.2 Å². The highest BCUT2D eigenvalue weighted by atomic mass is 14.6. The Kier molecular flexibility index (Phi) is 2.81. The second kappa shape index (κ2) is 3.86. The van der Waals surface area contributed by atoms with Crippen molar-refractivity contribution in [2.45, 2.75) is 13.8 Å². The maximum atomic E-state index is 4.28. The molecule has 0 radical (unpaired) electrons. The molecule has 0 bridgehead atoms. The first-order valence-electron chi connectivity index (χ1n) is 3.99. The summed E-state index contributed by atoms with van der Waals surface area (Å²) < 4.78 is 0. The van der Waals surface area contributed by atoms with Gasteiger partial charge in [-0.3, -0.25) is 4.98 Å². The molecule has 0 amide bonds. The summed E-state index contributed by atoms with van der Waals surface area (Å²) in [5, 5.41) is 2.15. The lowest BCUT2D eigenvalue weighted by Gasteiger charge is -1.91. The summed E-state index contributed by atoms with van der Waals surface area (Å²) in [6, 6.07) is 2.11. The summed E-state index contributed by atoms with van der Waals surface area (Å²) in [6.45, 7) is 7.69. The molecule has 1 nitrogen and oxygen atoms in total. The molecule has 0 unspecified atom stereocenters. The van der Waals surface area contributed by atoms with Crippen molar-refractivity contribution in [3.8, 4) is 0 Å². The van der Waals surface area contributed by atoms with E-state index in [1.165, 1.54) is 5.56 Å². The minimum atomic E-state index is 0.984. The Morgan fingerprint density at radius 3 is 2.83 bits per heavy atom. The van der Waals surface area contributed by atoms with Gasteiger partial charge in [-0.2, -0.15) is 0 Å². The van der Waals surface area contributed by atoms with Gasteiger partial charge in [-0.05, 0) is 36.8 Å². The highest BCUT2D eigenvalue weighted by molar-refractivity contribution is 5.35. The average molecular weight is 159 g/mol. The lowest BCUT2D eigenvalue weighted by Crippen LogP contribution is -2.27. The molecule has 0 saturated carbocycles. The molecule has 0 fully saturated rings. The molecule has 1 aromatic rings. The molecule has 0 aliphatic rings. The standard InChI is InChI=1S/C11H13N/c1-4-6-11-10(5-2)7-9(3)8-12-11/h4-8H,1H2,2-3H3/b10-5-,11-6+. The number of allylic oxidation sites excluding steroid dienone is 1. The first-order chi connectivity index (χ1) is 5.77. The second-order valence-electron chi connectivity index (χ2n) is 2.68. The summed E-state index contributed by atoms with van der Waals surface area (Å²) in [4.78, 5) is 4.28. The molecule has 1 heteroatoms. The molecule has 0 aromatic carbocycles. The van der Waals surface area contributed by atoms with Crippen molar-refractivity contribution in [1.82, 2.24) is 4.98 Å². The van der Waals surface area contributed by atoms with Gasteiger partial charge in [0.15, 0.2) is 0 Å². The van der Waals surface area contributed by atoms with Crippen LogP contribution < -0.4 is 10.6 Å². The Bertz CT molecular complexity index is 388. The number of pyridine rings is 1. The number of aryl methyl sites for hydroxylation is 1. The molecule has 62 valence electrons. The van der Waals surface area contributed by atoms with Crippen molar-refractivity contribution in [2.75, 3.05) is 0 Å². The quantitative estimate of drug-likeness (QED) is 0.599. The summed E-state index contributed by atoms with van der Waals surface area (Å²) in [5.74, 6) is 0. The van der Waals surface area contributed by atoms with Crippen molar-refractivity contribution in [1.29, 1.82) is 0 Å². The average Bonchev–Trinajstić information content (AvgIpc) is 2.08. The monoisotopic (exact) mass is 159 g/mol. The Balaban J connectivity index is 3.52. The third-order valence-electron chi connectivity index (χ3n) is 1.67. The molecule has 0 aliphatic carbocycles. The Labute approximate surface area is 72.8 Å². The third-order valence-corrected chi connectivity index (χ3v) is 1.67. The fraction of sp³-hybridized carbons (Fsp3) is 0.182. The van der Waals surface area contributed by atoms with Crippen LogP contribution in [-0.4, -0.2) is 4.98 Å². The molecular formula is C11H13N. The minimum Gasteiger partial charge on any atom is -0.256 e. The maximum Gasteiger partial charge on any atom is 0.0698 e. The molecule has 0 N–H and O–H groups in total. The highest BCUT2D eigenvalue weighted by Gasteiger charge is 1.85. The van der Waals surface area contributed by atoms with Crippen LogP contribution in [0.1, 0.15) is 12.5 Å². The first-order valence-corrected chi connectivity index (χ1v) is 3.99. The topological polar surface area (TPSA) is 12.9 Å². The van der Waals surface area contributed by atoms with Gasteiger partial charge in [0.05, 0.1) is 5.35 Å². The lowest BCUT2D eigenvalue weighted by molar-refractivity contribution is 1.18. The maximum absolute atomic E-state index is 4.28. The molecular weight excluding hydrogens is 146 g/mol. The summed E-state index contributed by atoms with van der Waals surface area (Å²) in [7, 11) is 0. The first kappa shape index (κ1) is 8.72. The molecule has 0 saturated heterocycles. The van der Waals surface area contributed by atoms with Crippen LogP contribution in [0.3, 0.4) is 0 Å². The Hall–Kier alpha value is -1.37. The molecule has 0 spiro atoms. The fourth-order valence-corrected chi connectivity index (χ4v) is 1.08. The summed E-state index contributed by atoms with van der Waals surface area (Å²) in [6.07, 6.45) is 7.58. The van der Waals surface area contributed by atoms with E-state index in [4.69, 9.17) is 0 Å². The molecule has 12 heavy (non-hydrogen) atoms. The zero-order valence-corrected chi connectivity index (χ0v) is 7.54. The largest absolute Gasteiger partial charge is 0.256 e. The minimum absolute atomic E-state index is 0.984. The summed E-state index contributed by atoms with van der Waals surface area (Å²) >= 11 is 0. The van der Waals surface area contributed by atoms with Crippen LogP contribution in [0.25, 0.3) is 12.2 Å². The van der Waals surface area contributed by atoms with Crippen LogP contribution in [0, 0.1) is 6.92 Å². The van der Waals surface area contributed by atoms with Gasteiger partial charge in [0.25, 0.3) is 0 Å². The second-order valence-corrected chi connectivity index (χ2v) is 2.68. The predicted octanol–water partition coefficient (Wildman–Crippen LogP) is 1.16. The van der Waals surface area contributed by atoms with Gasteiger partial charge in [0.2, 0.25) is 0 Å². The zero-order valence-electron chi connectivity index (χ0n) is 7.54. The van der Waals surface area contributed by atoms with E-state index >= 15 is 0 Å². The van der Waals surface area contributed by atoms with Crippen LogP contribution in [-0.2, 0) is 0 Å². The number of rotatable bonds is 1. The van der Waals surface area contributed by atoms with Gasteiger partial charge in [-0.1, -0.05) is 18.7 Å². The molecule has 0 aliphatic heterocycles. The fourth-order valence-electron chi connectivity index (χ4n) is 1.08. The van der Waals surface area contributed by atoms with E-state index in [1.54, 1.807) is 6.08 Å². The van der Waals surface area contributed by atoms with Gasteiger partial charge in [-0.25, -0.2) is 0 Å². The van der Waals surface area contributed by atoms with Crippen molar-refractivity contribution in [2.24, 2.45) is 0 Å². The van der Waals surface area contributed by atoms with Gasteiger partial charge in [0.1, 0.15) is 0 Å². The molecule has 1 rings (SSSR count). The number of hydrogen-bond donors (Lipinski definition) is 0. The lowest BCUT2D eigenvalue weighted by atomic mass is 10.2. The molecule has 1 heterocycles. The van der Waals surface area contributed by atoms with E-state index in [2.05, 4.69) is 23.7 Å². The normalized spacial score (nSPS) is 13.5. The van der Waals surface area contributed by atoms with Gasteiger partial charge in [-0.15, -0.1) is 0 Å². The Morgan fingerprint density at radius 2 is 2.25 bits per heavy atom. The summed E-state index contributed by atoms with van der Waals surface area (Å²) in [5.41, 5.74) is 1.18. The van der Waals surface area contributed by atoms with Crippen LogP contribution in [0.2, 0.25) is 0 Å². The molecule has 0 atom stereocenters. The Morgan fingerprint density at radius 1 is 1.50 bits per heavy atom. The van der Waals surface area contributed by atoms with Crippen LogP contribution in [0.4, 0.5) is 0 Å². The van der Waals surface area contributed by atoms with Crippen LogP contribution in [0.15, 0.2) is 24.9 Å².